The average molecular weight is 687 g/mol. The maximum absolute atomic E-state index is 2.41. The number of aromatic nitrogens is 1. The zero-order valence-corrected chi connectivity index (χ0v) is 29.5. The molecule has 54 heavy (non-hydrogen) atoms. The first-order valence-electron chi connectivity index (χ1n) is 18.6. The lowest BCUT2D eigenvalue weighted by molar-refractivity contribution is 1.17. The van der Waals surface area contributed by atoms with Crippen molar-refractivity contribution < 1.29 is 0 Å². The van der Waals surface area contributed by atoms with Gasteiger partial charge in [0.05, 0.1) is 11.0 Å². The fraction of sp³-hybridized carbons (Fsp3) is 0. The van der Waals surface area contributed by atoms with Crippen molar-refractivity contribution in [2.45, 2.75) is 0 Å². The van der Waals surface area contributed by atoms with Crippen LogP contribution in [-0.4, -0.2) is 4.57 Å². The summed E-state index contributed by atoms with van der Waals surface area (Å²) in [6, 6.07) is 75.3. The van der Waals surface area contributed by atoms with Crippen LogP contribution in [0.3, 0.4) is 0 Å². The van der Waals surface area contributed by atoms with Crippen molar-refractivity contribution >= 4 is 82.0 Å². The van der Waals surface area contributed by atoms with Gasteiger partial charge in [0.1, 0.15) is 0 Å². The van der Waals surface area contributed by atoms with Gasteiger partial charge in [0, 0.05) is 33.5 Å². The first kappa shape index (κ1) is 30.5. The SMILES string of the molecule is c1ccc(-c2cccc(N(c3ccc(-n4c5ccccc5c5ccccc54)cc3)c3ccc4ccc5ccc6ccc7ccccc7c6c5c4c3)c2)cc1. The molecule has 0 saturated carbocycles. The lowest BCUT2D eigenvalue weighted by atomic mass is 9.92. The zero-order valence-electron chi connectivity index (χ0n) is 29.5. The van der Waals surface area contributed by atoms with Gasteiger partial charge in [0.2, 0.25) is 0 Å². The van der Waals surface area contributed by atoms with Gasteiger partial charge in [-0.2, -0.15) is 0 Å². The van der Waals surface area contributed by atoms with Crippen LogP contribution in [0.5, 0.6) is 0 Å². The van der Waals surface area contributed by atoms with E-state index in [1.807, 2.05) is 0 Å². The van der Waals surface area contributed by atoms with Crippen molar-refractivity contribution in [3.63, 3.8) is 0 Å². The lowest BCUT2D eigenvalue weighted by Gasteiger charge is -2.27. The summed E-state index contributed by atoms with van der Waals surface area (Å²) >= 11 is 0. The number of rotatable bonds is 5. The van der Waals surface area contributed by atoms with Gasteiger partial charge < -0.3 is 9.47 Å². The summed E-state index contributed by atoms with van der Waals surface area (Å²) in [4.78, 5) is 2.41. The van der Waals surface area contributed by atoms with Gasteiger partial charge in [-0.1, -0.05) is 146 Å². The Kier molecular flexibility index (Phi) is 6.90. The highest BCUT2D eigenvalue weighted by atomic mass is 15.1. The van der Waals surface area contributed by atoms with Crippen LogP contribution in [0, 0.1) is 0 Å². The molecular weight excluding hydrogens is 653 g/mol. The molecule has 0 aliphatic rings. The molecule has 0 atom stereocenters. The average Bonchev–Trinajstić information content (AvgIpc) is 3.58. The molecule has 0 aliphatic carbocycles. The van der Waals surface area contributed by atoms with Crippen molar-refractivity contribution in [2.24, 2.45) is 0 Å². The highest BCUT2D eigenvalue weighted by Crippen LogP contribution is 2.42. The monoisotopic (exact) mass is 686 g/mol. The largest absolute Gasteiger partial charge is 0.310 e. The van der Waals surface area contributed by atoms with Gasteiger partial charge in [0.25, 0.3) is 0 Å². The maximum Gasteiger partial charge on any atom is 0.0541 e. The van der Waals surface area contributed by atoms with Crippen LogP contribution in [0.4, 0.5) is 17.1 Å². The van der Waals surface area contributed by atoms with Gasteiger partial charge in [-0.15, -0.1) is 0 Å². The van der Waals surface area contributed by atoms with E-state index in [0.717, 1.165) is 22.7 Å². The number of fused-ring (bicyclic) bond motifs is 10. The highest BCUT2D eigenvalue weighted by molar-refractivity contribution is 6.27. The summed E-state index contributed by atoms with van der Waals surface area (Å²) in [6.07, 6.45) is 0. The standard InChI is InChI=1S/C52H34N2/c1-2-11-35(12-3-1)40-14-10-15-43(33-40)53(41-29-31-42(32-30-41)54-49-19-8-6-17-46(49)47-18-7-9-20-50(47)54)44-28-27-37-22-24-39-26-25-38-23-21-36-13-4-5-16-45(36)51(38)52(39)48(37)34-44/h1-34H. The third-order valence-electron chi connectivity index (χ3n) is 11.1. The number of hydrogen-bond donors (Lipinski definition) is 0. The fourth-order valence-corrected chi connectivity index (χ4v) is 8.62. The molecule has 0 fully saturated rings. The van der Waals surface area contributed by atoms with Gasteiger partial charge >= 0.3 is 0 Å². The second-order valence-electron chi connectivity index (χ2n) is 14.2. The van der Waals surface area contributed by atoms with E-state index in [4.69, 9.17) is 0 Å². The number of hydrogen-bond acceptors (Lipinski definition) is 1. The molecule has 0 unspecified atom stereocenters. The van der Waals surface area contributed by atoms with Crippen LogP contribution in [0.2, 0.25) is 0 Å². The minimum atomic E-state index is 1.10. The minimum absolute atomic E-state index is 1.10. The van der Waals surface area contributed by atoms with E-state index in [0.29, 0.717) is 0 Å². The molecule has 2 heteroatoms. The number of nitrogens with zero attached hydrogens (tertiary/aromatic N) is 2. The summed E-state index contributed by atoms with van der Waals surface area (Å²) in [5.74, 6) is 0. The smallest absolute Gasteiger partial charge is 0.0541 e. The normalized spacial score (nSPS) is 11.7. The van der Waals surface area contributed by atoms with Crippen LogP contribution in [0.25, 0.3) is 81.7 Å². The third kappa shape index (κ3) is 4.81. The number of benzene rings is 10. The van der Waals surface area contributed by atoms with Crippen molar-refractivity contribution in [3.05, 3.63) is 206 Å². The molecule has 11 aromatic rings. The summed E-state index contributed by atoms with van der Waals surface area (Å²) < 4.78 is 2.38. The van der Waals surface area contributed by atoms with Crippen molar-refractivity contribution in [2.75, 3.05) is 4.90 Å². The first-order valence-corrected chi connectivity index (χ1v) is 18.6. The van der Waals surface area contributed by atoms with Crippen LogP contribution < -0.4 is 4.90 Å². The molecule has 252 valence electrons. The Labute approximate surface area is 313 Å². The lowest BCUT2D eigenvalue weighted by Crippen LogP contribution is -2.10. The maximum atomic E-state index is 2.41. The van der Waals surface area contributed by atoms with Gasteiger partial charge in [0.15, 0.2) is 0 Å². The molecule has 0 saturated heterocycles. The van der Waals surface area contributed by atoms with Crippen LogP contribution in [-0.2, 0) is 0 Å². The molecular formula is C52H34N2. The molecule has 10 aromatic carbocycles. The molecule has 0 aliphatic heterocycles. The Morgan fingerprint density at radius 2 is 0.796 bits per heavy atom. The van der Waals surface area contributed by atoms with E-state index < -0.39 is 0 Å². The molecule has 0 amide bonds. The Hall–Kier alpha value is -7.16. The molecule has 2 nitrogen and oxygen atoms in total. The quantitative estimate of drug-likeness (QED) is 0.164. The third-order valence-corrected chi connectivity index (χ3v) is 11.1. The highest BCUT2D eigenvalue weighted by Gasteiger charge is 2.18. The number of para-hydroxylation sites is 2. The first-order chi connectivity index (χ1) is 26.8. The Bertz CT molecular complexity index is 3150. The second-order valence-corrected chi connectivity index (χ2v) is 14.2. The Morgan fingerprint density at radius 3 is 1.50 bits per heavy atom. The fourth-order valence-electron chi connectivity index (χ4n) is 8.62. The van der Waals surface area contributed by atoms with E-state index in [2.05, 4.69) is 216 Å². The Balaban J connectivity index is 1.14. The summed E-state index contributed by atoms with van der Waals surface area (Å²) in [7, 11) is 0. The molecule has 0 radical (unpaired) electrons. The topological polar surface area (TPSA) is 8.17 Å². The molecule has 0 bridgehead atoms. The van der Waals surface area contributed by atoms with Crippen LogP contribution in [0.1, 0.15) is 0 Å². The predicted molar refractivity (Wildman–Crippen MR) is 231 cm³/mol. The Morgan fingerprint density at radius 1 is 0.296 bits per heavy atom. The van der Waals surface area contributed by atoms with Crippen LogP contribution in [0.15, 0.2) is 206 Å². The molecule has 0 spiro atoms. The van der Waals surface area contributed by atoms with Gasteiger partial charge in [-0.3, -0.25) is 0 Å². The zero-order chi connectivity index (χ0) is 35.6. The van der Waals surface area contributed by atoms with Crippen molar-refractivity contribution in [1.82, 2.24) is 4.57 Å². The van der Waals surface area contributed by atoms with E-state index in [9.17, 15) is 0 Å². The van der Waals surface area contributed by atoms with Crippen molar-refractivity contribution in [3.8, 4) is 16.8 Å². The van der Waals surface area contributed by atoms with Crippen LogP contribution >= 0.6 is 0 Å². The molecule has 1 heterocycles. The molecule has 0 N–H and O–H groups in total. The molecule has 11 rings (SSSR count). The van der Waals surface area contributed by atoms with Gasteiger partial charge in [-0.25, -0.2) is 0 Å². The molecule has 1 aromatic heterocycles. The second kappa shape index (κ2) is 12.2. The summed E-state index contributed by atoms with van der Waals surface area (Å²) in [5, 5.41) is 12.7. The van der Waals surface area contributed by atoms with E-state index in [1.54, 1.807) is 0 Å². The van der Waals surface area contributed by atoms with E-state index >= 15 is 0 Å². The predicted octanol–water partition coefficient (Wildman–Crippen LogP) is 14.5. The van der Waals surface area contributed by atoms with Gasteiger partial charge in [-0.05, 0) is 115 Å². The number of anilines is 3. The van der Waals surface area contributed by atoms with E-state index in [-0.39, 0.29) is 0 Å². The summed E-state index contributed by atoms with van der Waals surface area (Å²) in [6.45, 7) is 0. The van der Waals surface area contributed by atoms with E-state index in [1.165, 1.54) is 76.0 Å². The minimum Gasteiger partial charge on any atom is -0.310 e. The van der Waals surface area contributed by atoms with Crippen molar-refractivity contribution in [1.29, 1.82) is 0 Å². The summed E-state index contributed by atoms with van der Waals surface area (Å²) in [5.41, 5.74) is 9.25.